The molecule has 0 saturated heterocycles. The van der Waals surface area contributed by atoms with Crippen LogP contribution in [0.5, 0.6) is 0 Å². The summed E-state index contributed by atoms with van der Waals surface area (Å²) in [4.78, 5) is 28.5. The Morgan fingerprint density at radius 1 is 0.868 bits per heavy atom. The Morgan fingerprint density at radius 3 is 2.16 bits per heavy atom. The molecule has 3 aromatic carbocycles. The number of carbonyl (C=O) groups is 2. The highest BCUT2D eigenvalue weighted by Crippen LogP contribution is 2.25. The molecule has 0 spiro atoms. The number of anilines is 1. The van der Waals surface area contributed by atoms with Crippen LogP contribution in [-0.4, -0.2) is 50.8 Å². The van der Waals surface area contributed by atoms with Crippen LogP contribution >= 0.6 is 0 Å². The number of rotatable bonds is 12. The van der Waals surface area contributed by atoms with Crippen LogP contribution in [0.2, 0.25) is 0 Å². The summed E-state index contributed by atoms with van der Waals surface area (Å²) < 4.78 is 28.8. The van der Waals surface area contributed by atoms with Gasteiger partial charge < -0.3 is 10.2 Å². The van der Waals surface area contributed by atoms with E-state index in [4.69, 9.17) is 0 Å². The third-order valence-corrected chi connectivity index (χ3v) is 8.19. The predicted molar refractivity (Wildman–Crippen MR) is 152 cm³/mol. The van der Waals surface area contributed by atoms with Crippen LogP contribution < -0.4 is 9.62 Å². The molecule has 8 heteroatoms. The lowest BCUT2D eigenvalue weighted by molar-refractivity contribution is -0.139. The average molecular weight is 536 g/mol. The van der Waals surface area contributed by atoms with Gasteiger partial charge in [0.1, 0.15) is 12.6 Å². The topological polar surface area (TPSA) is 86.8 Å². The third-order valence-electron chi connectivity index (χ3n) is 6.40. The number of sulfonamides is 1. The van der Waals surface area contributed by atoms with E-state index in [1.54, 1.807) is 42.5 Å². The van der Waals surface area contributed by atoms with Gasteiger partial charge in [-0.05, 0) is 69.0 Å². The minimum Gasteiger partial charge on any atom is -0.355 e. The monoisotopic (exact) mass is 535 g/mol. The normalized spacial score (nSPS) is 12.0. The zero-order chi connectivity index (χ0) is 27.7. The zero-order valence-corrected chi connectivity index (χ0v) is 23.4. The minimum absolute atomic E-state index is 0.101. The molecule has 0 aromatic heterocycles. The molecule has 0 aliphatic carbocycles. The molecule has 7 nitrogen and oxygen atoms in total. The van der Waals surface area contributed by atoms with Crippen LogP contribution in [0.4, 0.5) is 5.69 Å². The van der Waals surface area contributed by atoms with Gasteiger partial charge in [-0.2, -0.15) is 0 Å². The molecule has 202 valence electrons. The summed E-state index contributed by atoms with van der Waals surface area (Å²) in [6, 6.07) is 22.6. The zero-order valence-electron chi connectivity index (χ0n) is 22.6. The van der Waals surface area contributed by atoms with Crippen LogP contribution in [0, 0.1) is 13.8 Å². The van der Waals surface area contributed by atoms with E-state index in [2.05, 4.69) is 5.32 Å². The van der Waals surface area contributed by atoms with E-state index in [1.807, 2.05) is 64.1 Å². The van der Waals surface area contributed by atoms with Gasteiger partial charge in [0.2, 0.25) is 11.8 Å². The first-order valence-corrected chi connectivity index (χ1v) is 14.4. The molecule has 0 fully saturated rings. The number of amides is 2. The van der Waals surface area contributed by atoms with Crippen LogP contribution in [0.25, 0.3) is 0 Å². The summed E-state index contributed by atoms with van der Waals surface area (Å²) in [7, 11) is -4.06. The fourth-order valence-corrected chi connectivity index (χ4v) is 5.74. The van der Waals surface area contributed by atoms with E-state index in [0.717, 1.165) is 21.0 Å². The molecule has 0 saturated carbocycles. The largest absolute Gasteiger partial charge is 0.355 e. The Kier molecular flexibility index (Phi) is 10.1. The number of carbonyl (C=O) groups excluding carboxylic acids is 2. The van der Waals surface area contributed by atoms with Crippen molar-refractivity contribution in [3.8, 4) is 0 Å². The second kappa shape index (κ2) is 13.2. The van der Waals surface area contributed by atoms with Crippen LogP contribution in [-0.2, 0) is 26.0 Å². The molecule has 0 aliphatic rings. The maximum absolute atomic E-state index is 13.9. The molecular weight excluding hydrogens is 498 g/mol. The molecule has 3 aromatic rings. The Morgan fingerprint density at radius 2 is 1.55 bits per heavy atom. The Hall–Kier alpha value is -3.65. The summed E-state index contributed by atoms with van der Waals surface area (Å²) in [5.74, 6) is -0.684. The highest BCUT2D eigenvalue weighted by Gasteiger charge is 2.33. The first-order chi connectivity index (χ1) is 18.2. The van der Waals surface area contributed by atoms with Crippen molar-refractivity contribution in [1.29, 1.82) is 0 Å². The molecule has 0 bridgehead atoms. The minimum atomic E-state index is -4.06. The highest BCUT2D eigenvalue weighted by molar-refractivity contribution is 7.92. The first kappa shape index (κ1) is 28.9. The number of nitrogens with zero attached hydrogens (tertiary/aromatic N) is 2. The number of hydrogen-bond acceptors (Lipinski definition) is 4. The molecule has 2 amide bonds. The van der Waals surface area contributed by atoms with E-state index >= 15 is 0 Å². The summed E-state index contributed by atoms with van der Waals surface area (Å²) in [6.45, 7) is 7.73. The van der Waals surface area contributed by atoms with Crippen molar-refractivity contribution >= 4 is 27.5 Å². The van der Waals surface area contributed by atoms with Crippen molar-refractivity contribution < 1.29 is 18.0 Å². The van der Waals surface area contributed by atoms with Crippen LogP contribution in [0.1, 0.15) is 37.0 Å². The van der Waals surface area contributed by atoms with Crippen molar-refractivity contribution in [2.75, 3.05) is 23.9 Å². The van der Waals surface area contributed by atoms with Gasteiger partial charge in [-0.25, -0.2) is 8.42 Å². The van der Waals surface area contributed by atoms with Gasteiger partial charge in [0.25, 0.3) is 10.0 Å². The lowest BCUT2D eigenvalue weighted by Crippen LogP contribution is -2.53. The van der Waals surface area contributed by atoms with Gasteiger partial charge in [-0.15, -0.1) is 0 Å². The van der Waals surface area contributed by atoms with Crippen molar-refractivity contribution in [2.45, 2.75) is 51.5 Å². The highest BCUT2D eigenvalue weighted by atomic mass is 32.2. The average Bonchev–Trinajstić information content (AvgIpc) is 2.90. The second-order valence-electron chi connectivity index (χ2n) is 9.31. The lowest BCUT2D eigenvalue weighted by Gasteiger charge is -2.33. The van der Waals surface area contributed by atoms with Gasteiger partial charge in [0.05, 0.1) is 10.6 Å². The van der Waals surface area contributed by atoms with Gasteiger partial charge in [-0.3, -0.25) is 13.9 Å². The quantitative estimate of drug-likeness (QED) is 0.370. The Balaban J connectivity index is 2.00. The fourth-order valence-electron chi connectivity index (χ4n) is 4.34. The number of hydrogen-bond donors (Lipinski definition) is 1. The van der Waals surface area contributed by atoms with Gasteiger partial charge in [0, 0.05) is 13.1 Å². The maximum atomic E-state index is 13.9. The number of likely N-dealkylation sites (N-methyl/N-ethyl adjacent to an activating group) is 1. The van der Waals surface area contributed by atoms with Crippen molar-refractivity contribution in [2.24, 2.45) is 0 Å². The summed E-state index contributed by atoms with van der Waals surface area (Å²) in [5.41, 5.74) is 3.22. The van der Waals surface area contributed by atoms with Gasteiger partial charge in [-0.1, -0.05) is 67.1 Å². The number of nitrogens with one attached hydrogen (secondary N) is 1. The summed E-state index contributed by atoms with van der Waals surface area (Å²) in [5, 5.41) is 2.82. The molecule has 0 radical (unpaired) electrons. The molecule has 1 atom stereocenters. The SMILES string of the molecule is CCNC(=O)C(CC)N(CCc1ccccc1)C(=O)CN(c1cccc(C)c1)S(=O)(=O)c1ccc(C)cc1. The van der Waals surface area contributed by atoms with E-state index in [1.165, 1.54) is 4.90 Å². The number of benzene rings is 3. The Bertz CT molecular complexity index is 1330. The summed E-state index contributed by atoms with van der Waals surface area (Å²) in [6.07, 6.45) is 0.944. The first-order valence-electron chi connectivity index (χ1n) is 12.9. The van der Waals surface area contributed by atoms with Crippen LogP contribution in [0.3, 0.4) is 0 Å². The van der Waals surface area contributed by atoms with E-state index in [0.29, 0.717) is 25.1 Å². The van der Waals surface area contributed by atoms with Gasteiger partial charge >= 0.3 is 0 Å². The lowest BCUT2D eigenvalue weighted by atomic mass is 10.1. The maximum Gasteiger partial charge on any atom is 0.264 e. The standard InChI is InChI=1S/C30H37N3O4S/c1-5-28(30(35)31-6-2)32(20-19-25-12-8-7-9-13-25)29(34)22-33(26-14-10-11-24(4)21-26)38(36,37)27-17-15-23(3)16-18-27/h7-18,21,28H,5-6,19-20,22H2,1-4H3,(H,31,35). The molecule has 38 heavy (non-hydrogen) atoms. The van der Waals surface area contributed by atoms with E-state index < -0.39 is 28.5 Å². The molecule has 1 N–H and O–H groups in total. The molecular formula is C30H37N3O4S. The third kappa shape index (κ3) is 7.22. The van der Waals surface area contributed by atoms with Crippen molar-refractivity contribution in [1.82, 2.24) is 10.2 Å². The number of aryl methyl sites for hydroxylation is 2. The van der Waals surface area contributed by atoms with Gasteiger partial charge in [0.15, 0.2) is 0 Å². The van der Waals surface area contributed by atoms with Crippen molar-refractivity contribution in [3.63, 3.8) is 0 Å². The van der Waals surface area contributed by atoms with Crippen molar-refractivity contribution in [3.05, 3.63) is 95.6 Å². The second-order valence-corrected chi connectivity index (χ2v) is 11.2. The molecule has 3 rings (SSSR count). The Labute approximate surface area is 226 Å². The van der Waals surface area contributed by atoms with E-state index in [-0.39, 0.29) is 17.3 Å². The molecule has 1 unspecified atom stereocenters. The molecule has 0 heterocycles. The predicted octanol–water partition coefficient (Wildman–Crippen LogP) is 4.48. The smallest absolute Gasteiger partial charge is 0.264 e. The fraction of sp³-hybridized carbons (Fsp3) is 0.333. The van der Waals surface area contributed by atoms with Crippen LogP contribution in [0.15, 0.2) is 83.8 Å². The molecule has 0 aliphatic heterocycles. The summed E-state index contributed by atoms with van der Waals surface area (Å²) >= 11 is 0. The van der Waals surface area contributed by atoms with E-state index in [9.17, 15) is 18.0 Å².